The molecule has 0 saturated carbocycles. The molecule has 10 aromatic rings. The lowest BCUT2D eigenvalue weighted by molar-refractivity contribution is 1.19. The molecule has 0 saturated heterocycles. The summed E-state index contributed by atoms with van der Waals surface area (Å²) in [6, 6.07) is 68.8. The number of benzene rings is 9. The normalized spacial score (nSPS) is 11.7. The minimum absolute atomic E-state index is 1.18. The minimum Gasteiger partial charge on any atom is -0.309 e. The van der Waals surface area contributed by atoms with Crippen LogP contribution in [0.25, 0.3) is 93.2 Å². The number of hydrogen-bond acceptors (Lipinski definition) is 0. The Balaban J connectivity index is 0.979. The standard InChI is InChI=1S/C48H31N/c1-3-9-36-27-39(18-17-32(36)7-1)42-22-21-40-28-38(19-20-41(40)29-42)34-13-15-35(16-14-34)43-24-26-48-46(31-43)45-11-5-6-12-47(45)49(48)44-25-23-33-8-2-4-10-37(33)30-44/h1-31H. The molecule has 0 spiro atoms. The van der Waals surface area contributed by atoms with Crippen LogP contribution in [-0.4, -0.2) is 4.57 Å². The van der Waals surface area contributed by atoms with Gasteiger partial charge in [-0.2, -0.15) is 0 Å². The SMILES string of the molecule is c1ccc2cc(-c3ccc4cc(-c5ccc(-c6ccc7c(c6)c6ccccc6n7-c6ccc7ccccc7c6)cc5)ccc4c3)ccc2c1. The van der Waals surface area contributed by atoms with E-state index in [9.17, 15) is 0 Å². The van der Waals surface area contributed by atoms with Crippen LogP contribution in [0.15, 0.2) is 188 Å². The zero-order valence-electron chi connectivity index (χ0n) is 26.8. The summed E-state index contributed by atoms with van der Waals surface area (Å²) in [5.41, 5.74) is 11.0. The monoisotopic (exact) mass is 621 g/mol. The van der Waals surface area contributed by atoms with Crippen molar-refractivity contribution in [3.8, 4) is 39.1 Å². The predicted octanol–water partition coefficient (Wildman–Crippen LogP) is 13.2. The lowest BCUT2D eigenvalue weighted by Gasteiger charge is -2.10. The third-order valence-electron chi connectivity index (χ3n) is 10.1. The van der Waals surface area contributed by atoms with Gasteiger partial charge >= 0.3 is 0 Å². The van der Waals surface area contributed by atoms with Crippen molar-refractivity contribution in [3.05, 3.63) is 188 Å². The van der Waals surface area contributed by atoms with Crippen molar-refractivity contribution in [2.45, 2.75) is 0 Å². The molecule has 228 valence electrons. The molecular weight excluding hydrogens is 591 g/mol. The fraction of sp³-hybridized carbons (Fsp3) is 0. The van der Waals surface area contributed by atoms with Gasteiger partial charge in [-0.15, -0.1) is 0 Å². The third-order valence-corrected chi connectivity index (χ3v) is 10.1. The summed E-state index contributed by atoms with van der Waals surface area (Å²) in [5.74, 6) is 0. The van der Waals surface area contributed by atoms with Gasteiger partial charge in [0.15, 0.2) is 0 Å². The molecule has 49 heavy (non-hydrogen) atoms. The molecule has 0 aliphatic carbocycles. The Morgan fingerprint density at radius 1 is 0.245 bits per heavy atom. The Morgan fingerprint density at radius 3 is 1.31 bits per heavy atom. The van der Waals surface area contributed by atoms with E-state index in [1.807, 2.05) is 0 Å². The van der Waals surface area contributed by atoms with Gasteiger partial charge in [0.1, 0.15) is 0 Å². The second kappa shape index (κ2) is 11.1. The zero-order valence-corrected chi connectivity index (χ0v) is 26.8. The summed E-state index contributed by atoms with van der Waals surface area (Å²) in [7, 11) is 0. The highest BCUT2D eigenvalue weighted by Gasteiger charge is 2.14. The van der Waals surface area contributed by atoms with Gasteiger partial charge in [-0.1, -0.05) is 140 Å². The van der Waals surface area contributed by atoms with Gasteiger partial charge in [0.2, 0.25) is 0 Å². The number of nitrogens with zero attached hydrogens (tertiary/aromatic N) is 1. The molecule has 0 amide bonds. The molecule has 0 radical (unpaired) electrons. The van der Waals surface area contributed by atoms with Crippen LogP contribution in [0, 0.1) is 0 Å². The minimum atomic E-state index is 1.18. The molecule has 0 aliphatic rings. The van der Waals surface area contributed by atoms with Crippen molar-refractivity contribution >= 4 is 54.1 Å². The van der Waals surface area contributed by atoms with E-state index in [-0.39, 0.29) is 0 Å². The van der Waals surface area contributed by atoms with E-state index < -0.39 is 0 Å². The number of aromatic nitrogens is 1. The topological polar surface area (TPSA) is 4.93 Å². The van der Waals surface area contributed by atoms with Crippen LogP contribution in [0.3, 0.4) is 0 Å². The first-order valence-corrected chi connectivity index (χ1v) is 16.9. The van der Waals surface area contributed by atoms with Crippen molar-refractivity contribution < 1.29 is 0 Å². The van der Waals surface area contributed by atoms with Crippen molar-refractivity contribution in [2.75, 3.05) is 0 Å². The van der Waals surface area contributed by atoms with Crippen molar-refractivity contribution in [2.24, 2.45) is 0 Å². The Morgan fingerprint density at radius 2 is 0.653 bits per heavy atom. The first-order chi connectivity index (χ1) is 24.2. The van der Waals surface area contributed by atoms with Gasteiger partial charge in [0.05, 0.1) is 11.0 Å². The molecule has 1 heteroatoms. The molecule has 0 atom stereocenters. The molecule has 9 aromatic carbocycles. The molecule has 1 heterocycles. The quantitative estimate of drug-likeness (QED) is 0.184. The highest BCUT2D eigenvalue weighted by atomic mass is 15.0. The van der Waals surface area contributed by atoms with E-state index in [4.69, 9.17) is 0 Å². The summed E-state index contributed by atoms with van der Waals surface area (Å²) >= 11 is 0. The second-order valence-electron chi connectivity index (χ2n) is 13.0. The Hall–Kier alpha value is -6.44. The van der Waals surface area contributed by atoms with Crippen LogP contribution in [-0.2, 0) is 0 Å². The average Bonchev–Trinajstić information content (AvgIpc) is 3.51. The van der Waals surface area contributed by atoms with Gasteiger partial charge in [-0.3, -0.25) is 0 Å². The van der Waals surface area contributed by atoms with Crippen LogP contribution in [0.2, 0.25) is 0 Å². The first kappa shape index (κ1) is 27.7. The van der Waals surface area contributed by atoms with Gasteiger partial charge in [-0.05, 0) is 114 Å². The van der Waals surface area contributed by atoms with Crippen LogP contribution in [0.5, 0.6) is 0 Å². The van der Waals surface area contributed by atoms with E-state index in [0.29, 0.717) is 0 Å². The van der Waals surface area contributed by atoms with Gasteiger partial charge in [-0.25, -0.2) is 0 Å². The van der Waals surface area contributed by atoms with E-state index in [1.165, 1.54) is 93.2 Å². The van der Waals surface area contributed by atoms with E-state index in [1.54, 1.807) is 0 Å². The summed E-state index contributed by atoms with van der Waals surface area (Å²) in [6.07, 6.45) is 0. The molecule has 1 aromatic heterocycles. The van der Waals surface area contributed by atoms with Gasteiger partial charge in [0, 0.05) is 16.5 Å². The second-order valence-corrected chi connectivity index (χ2v) is 13.0. The smallest absolute Gasteiger partial charge is 0.0541 e. The average molecular weight is 622 g/mol. The van der Waals surface area contributed by atoms with Gasteiger partial charge in [0.25, 0.3) is 0 Å². The maximum Gasteiger partial charge on any atom is 0.0541 e. The third kappa shape index (κ3) is 4.71. The Labute approximate surface area is 284 Å². The Bertz CT molecular complexity index is 2870. The summed E-state index contributed by atoms with van der Waals surface area (Å²) < 4.78 is 2.40. The molecule has 0 bridgehead atoms. The highest BCUT2D eigenvalue weighted by Crippen LogP contribution is 2.36. The summed E-state index contributed by atoms with van der Waals surface area (Å²) in [4.78, 5) is 0. The summed E-state index contributed by atoms with van der Waals surface area (Å²) in [5, 5.41) is 10.1. The maximum atomic E-state index is 2.40. The molecular formula is C48H31N. The zero-order chi connectivity index (χ0) is 32.3. The fourth-order valence-electron chi connectivity index (χ4n) is 7.58. The first-order valence-electron chi connectivity index (χ1n) is 16.9. The number of hydrogen-bond donors (Lipinski definition) is 0. The van der Waals surface area contributed by atoms with Crippen LogP contribution in [0.4, 0.5) is 0 Å². The molecule has 0 N–H and O–H groups in total. The highest BCUT2D eigenvalue weighted by molar-refractivity contribution is 6.10. The van der Waals surface area contributed by atoms with Crippen molar-refractivity contribution in [1.82, 2.24) is 4.57 Å². The number of fused-ring (bicyclic) bond motifs is 6. The molecule has 0 unspecified atom stereocenters. The van der Waals surface area contributed by atoms with E-state index >= 15 is 0 Å². The van der Waals surface area contributed by atoms with Crippen molar-refractivity contribution in [3.63, 3.8) is 0 Å². The van der Waals surface area contributed by atoms with E-state index in [2.05, 4.69) is 193 Å². The molecule has 1 nitrogen and oxygen atoms in total. The Kier molecular flexibility index (Phi) is 6.25. The van der Waals surface area contributed by atoms with Crippen LogP contribution < -0.4 is 0 Å². The van der Waals surface area contributed by atoms with Crippen LogP contribution in [0.1, 0.15) is 0 Å². The molecule has 0 aliphatic heterocycles. The largest absolute Gasteiger partial charge is 0.309 e. The van der Waals surface area contributed by atoms with Crippen molar-refractivity contribution in [1.29, 1.82) is 0 Å². The predicted molar refractivity (Wildman–Crippen MR) is 210 cm³/mol. The maximum absolute atomic E-state index is 2.40. The number of para-hydroxylation sites is 1. The lowest BCUT2D eigenvalue weighted by Crippen LogP contribution is -1.93. The molecule has 0 fully saturated rings. The summed E-state index contributed by atoms with van der Waals surface area (Å²) in [6.45, 7) is 0. The fourth-order valence-corrected chi connectivity index (χ4v) is 7.58. The van der Waals surface area contributed by atoms with Crippen LogP contribution >= 0.6 is 0 Å². The molecule has 10 rings (SSSR count). The van der Waals surface area contributed by atoms with E-state index in [0.717, 1.165) is 0 Å². The number of rotatable bonds is 4. The van der Waals surface area contributed by atoms with Gasteiger partial charge < -0.3 is 4.57 Å². The lowest BCUT2D eigenvalue weighted by atomic mass is 9.95.